The quantitative estimate of drug-likeness (QED) is 0.800. The second-order valence-electron chi connectivity index (χ2n) is 4.67. The van der Waals surface area contributed by atoms with Crippen LogP contribution in [0.4, 0.5) is 5.82 Å². The van der Waals surface area contributed by atoms with Crippen molar-refractivity contribution in [1.82, 2.24) is 9.38 Å². The van der Waals surface area contributed by atoms with E-state index in [4.69, 9.17) is 4.98 Å². The lowest BCUT2D eigenvalue weighted by Crippen LogP contribution is -2.34. The second-order valence-corrected chi connectivity index (χ2v) is 6.10. The molecule has 0 fully saturated rings. The summed E-state index contributed by atoms with van der Waals surface area (Å²) in [5.74, 6) is 1.71. The van der Waals surface area contributed by atoms with Crippen molar-refractivity contribution < 1.29 is 0 Å². The minimum absolute atomic E-state index is 0.484. The summed E-state index contributed by atoms with van der Waals surface area (Å²) in [6, 6.07) is 0.484. The van der Waals surface area contributed by atoms with Crippen molar-refractivity contribution in [3.8, 4) is 0 Å². The molecule has 0 amide bonds. The lowest BCUT2D eigenvalue weighted by Gasteiger charge is -2.28. The SMILES string of the molecule is CC(C)C(C)N(C)c1nc2sccn2c1CBr. The van der Waals surface area contributed by atoms with Gasteiger partial charge in [-0.3, -0.25) is 4.40 Å². The number of halogens is 1. The van der Waals surface area contributed by atoms with E-state index in [1.807, 2.05) is 0 Å². The van der Waals surface area contributed by atoms with Gasteiger partial charge in [-0.15, -0.1) is 11.3 Å². The van der Waals surface area contributed by atoms with Crippen LogP contribution >= 0.6 is 27.3 Å². The molecule has 5 heteroatoms. The van der Waals surface area contributed by atoms with Gasteiger partial charge in [0.15, 0.2) is 10.8 Å². The number of anilines is 1. The van der Waals surface area contributed by atoms with Crippen molar-refractivity contribution in [2.45, 2.75) is 32.1 Å². The number of aromatic nitrogens is 2. The number of alkyl halides is 1. The molecule has 94 valence electrons. The van der Waals surface area contributed by atoms with Crippen LogP contribution in [0.1, 0.15) is 26.5 Å². The fraction of sp³-hybridized carbons (Fsp3) is 0.583. The van der Waals surface area contributed by atoms with E-state index in [1.165, 1.54) is 5.69 Å². The highest BCUT2D eigenvalue weighted by molar-refractivity contribution is 9.08. The van der Waals surface area contributed by atoms with Crippen molar-refractivity contribution >= 4 is 38.0 Å². The van der Waals surface area contributed by atoms with Crippen LogP contribution in [0, 0.1) is 5.92 Å². The Balaban J connectivity index is 2.43. The summed E-state index contributed by atoms with van der Waals surface area (Å²) >= 11 is 5.24. The smallest absolute Gasteiger partial charge is 0.195 e. The molecule has 0 saturated carbocycles. The molecule has 0 spiro atoms. The first-order valence-corrected chi connectivity index (χ1v) is 7.79. The normalized spacial score (nSPS) is 13.5. The fourth-order valence-corrected chi connectivity index (χ4v) is 3.12. The molecule has 0 aliphatic carbocycles. The highest BCUT2D eigenvalue weighted by atomic mass is 79.9. The van der Waals surface area contributed by atoms with Gasteiger partial charge in [-0.1, -0.05) is 29.8 Å². The van der Waals surface area contributed by atoms with Crippen LogP contribution in [0.15, 0.2) is 11.6 Å². The van der Waals surface area contributed by atoms with E-state index >= 15 is 0 Å². The van der Waals surface area contributed by atoms with Crippen molar-refractivity contribution in [1.29, 1.82) is 0 Å². The molecule has 0 bridgehead atoms. The molecule has 1 atom stereocenters. The molecule has 3 nitrogen and oxygen atoms in total. The van der Waals surface area contributed by atoms with E-state index in [2.05, 4.69) is 64.6 Å². The first-order chi connectivity index (χ1) is 8.06. The summed E-state index contributed by atoms with van der Waals surface area (Å²) in [4.78, 5) is 8.07. The molecule has 0 N–H and O–H groups in total. The predicted molar refractivity (Wildman–Crippen MR) is 78.4 cm³/mol. The zero-order chi connectivity index (χ0) is 12.6. The van der Waals surface area contributed by atoms with E-state index in [1.54, 1.807) is 11.3 Å². The van der Waals surface area contributed by atoms with Crippen molar-refractivity contribution in [2.24, 2.45) is 5.92 Å². The van der Waals surface area contributed by atoms with Crippen LogP contribution in [-0.4, -0.2) is 22.5 Å². The zero-order valence-corrected chi connectivity index (χ0v) is 13.0. The lowest BCUT2D eigenvalue weighted by molar-refractivity contribution is 0.502. The highest BCUT2D eigenvalue weighted by Crippen LogP contribution is 2.28. The van der Waals surface area contributed by atoms with Gasteiger partial charge in [0.25, 0.3) is 0 Å². The van der Waals surface area contributed by atoms with Crippen LogP contribution in [-0.2, 0) is 5.33 Å². The fourth-order valence-electron chi connectivity index (χ4n) is 1.87. The Morgan fingerprint density at radius 1 is 1.47 bits per heavy atom. The first kappa shape index (κ1) is 12.9. The molecule has 0 aromatic carbocycles. The van der Waals surface area contributed by atoms with Gasteiger partial charge in [0.1, 0.15) is 0 Å². The number of thiazole rings is 1. The van der Waals surface area contributed by atoms with E-state index in [-0.39, 0.29) is 0 Å². The zero-order valence-electron chi connectivity index (χ0n) is 10.6. The van der Waals surface area contributed by atoms with Gasteiger partial charge >= 0.3 is 0 Å². The summed E-state index contributed by atoms with van der Waals surface area (Å²) in [5, 5.41) is 2.90. The Kier molecular flexibility index (Phi) is 3.78. The van der Waals surface area contributed by atoms with E-state index in [0.717, 1.165) is 16.1 Å². The summed E-state index contributed by atoms with van der Waals surface area (Å²) in [7, 11) is 2.13. The standard InChI is InChI=1S/C12H18BrN3S/c1-8(2)9(3)15(4)11-10(7-13)16-5-6-17-12(16)14-11/h5-6,8-9H,7H2,1-4H3. The monoisotopic (exact) mass is 315 g/mol. The van der Waals surface area contributed by atoms with Gasteiger partial charge in [0.05, 0.1) is 5.69 Å². The van der Waals surface area contributed by atoms with Gasteiger partial charge in [-0.05, 0) is 12.8 Å². The third kappa shape index (κ3) is 2.22. The van der Waals surface area contributed by atoms with E-state index < -0.39 is 0 Å². The van der Waals surface area contributed by atoms with Gasteiger partial charge in [0, 0.05) is 30.0 Å². The number of nitrogens with zero attached hydrogens (tertiary/aromatic N) is 3. The molecule has 2 aromatic heterocycles. The number of imidazole rings is 1. The van der Waals surface area contributed by atoms with Crippen LogP contribution < -0.4 is 4.90 Å². The Morgan fingerprint density at radius 3 is 2.76 bits per heavy atom. The molecule has 1 unspecified atom stereocenters. The lowest BCUT2D eigenvalue weighted by atomic mass is 10.1. The molecule has 0 aliphatic rings. The number of hydrogen-bond acceptors (Lipinski definition) is 3. The van der Waals surface area contributed by atoms with Crippen LogP contribution in [0.2, 0.25) is 0 Å². The summed E-state index contributed by atoms with van der Waals surface area (Å²) in [6.07, 6.45) is 2.08. The number of hydrogen-bond donors (Lipinski definition) is 0. The summed E-state index contributed by atoms with van der Waals surface area (Å²) in [5.41, 5.74) is 1.23. The Labute approximate surface area is 115 Å². The van der Waals surface area contributed by atoms with Crippen molar-refractivity contribution in [3.05, 3.63) is 17.3 Å². The third-order valence-electron chi connectivity index (χ3n) is 3.38. The maximum absolute atomic E-state index is 4.72. The molecule has 0 saturated heterocycles. The third-order valence-corrected chi connectivity index (χ3v) is 4.66. The molecule has 0 aliphatic heterocycles. The van der Waals surface area contributed by atoms with Crippen LogP contribution in [0.3, 0.4) is 0 Å². The van der Waals surface area contributed by atoms with Gasteiger partial charge in [-0.25, -0.2) is 4.98 Å². The second kappa shape index (κ2) is 4.98. The molecule has 17 heavy (non-hydrogen) atoms. The molecular formula is C12H18BrN3S. The number of rotatable bonds is 4. The average Bonchev–Trinajstić information content (AvgIpc) is 2.85. The molecule has 2 rings (SSSR count). The van der Waals surface area contributed by atoms with Gasteiger partial charge < -0.3 is 4.90 Å². The summed E-state index contributed by atoms with van der Waals surface area (Å²) < 4.78 is 2.16. The maximum Gasteiger partial charge on any atom is 0.195 e. The highest BCUT2D eigenvalue weighted by Gasteiger charge is 2.21. The molecule has 0 radical (unpaired) electrons. The van der Waals surface area contributed by atoms with Gasteiger partial charge in [0.2, 0.25) is 0 Å². The number of fused-ring (bicyclic) bond motifs is 1. The van der Waals surface area contributed by atoms with Crippen molar-refractivity contribution in [2.75, 3.05) is 11.9 Å². The average molecular weight is 316 g/mol. The Bertz CT molecular complexity index is 503. The topological polar surface area (TPSA) is 20.5 Å². The minimum Gasteiger partial charge on any atom is -0.355 e. The minimum atomic E-state index is 0.484. The predicted octanol–water partition coefficient (Wildman–Crippen LogP) is 3.77. The van der Waals surface area contributed by atoms with E-state index in [9.17, 15) is 0 Å². The molecule has 2 heterocycles. The van der Waals surface area contributed by atoms with Crippen LogP contribution in [0.25, 0.3) is 4.96 Å². The van der Waals surface area contributed by atoms with Crippen LogP contribution in [0.5, 0.6) is 0 Å². The molecular weight excluding hydrogens is 298 g/mol. The Morgan fingerprint density at radius 2 is 2.18 bits per heavy atom. The van der Waals surface area contributed by atoms with Crippen molar-refractivity contribution in [3.63, 3.8) is 0 Å². The van der Waals surface area contributed by atoms with Gasteiger partial charge in [-0.2, -0.15) is 0 Å². The first-order valence-electron chi connectivity index (χ1n) is 5.79. The molecule has 2 aromatic rings. The summed E-state index contributed by atoms with van der Waals surface area (Å²) in [6.45, 7) is 6.73. The largest absolute Gasteiger partial charge is 0.355 e. The Hall–Kier alpha value is -0.550. The van der Waals surface area contributed by atoms with E-state index in [0.29, 0.717) is 12.0 Å². The maximum atomic E-state index is 4.72.